The minimum atomic E-state index is 0.0668. The molecule has 1 rings (SSSR count). The first-order chi connectivity index (χ1) is 9.24. The summed E-state index contributed by atoms with van der Waals surface area (Å²) in [5.74, 6) is 1.06. The molecule has 0 unspecified atom stereocenters. The van der Waals surface area contributed by atoms with E-state index < -0.39 is 0 Å². The Bertz CT molecular complexity index is 450. The molecule has 1 aromatic heterocycles. The Morgan fingerprint density at radius 3 is 2.60 bits per heavy atom. The van der Waals surface area contributed by atoms with E-state index in [1.807, 2.05) is 14.1 Å². The van der Waals surface area contributed by atoms with Crippen molar-refractivity contribution in [2.45, 2.75) is 32.1 Å². The minimum absolute atomic E-state index is 0.0668. The van der Waals surface area contributed by atoms with Crippen LogP contribution in [0.1, 0.15) is 31.3 Å². The standard InChI is InChI=1S/C14H25N3O2S/c1-14(2,3)20-10-11(18)13-12(19-6)9-15-17(13)8-7-16(4)5/h9H,7-8,10H2,1-6H3. The molecule has 1 aromatic rings. The van der Waals surface area contributed by atoms with Crippen molar-refractivity contribution in [2.75, 3.05) is 33.5 Å². The number of likely N-dealkylation sites (N-methyl/N-ethyl adjacent to an activating group) is 1. The van der Waals surface area contributed by atoms with Crippen molar-refractivity contribution in [3.05, 3.63) is 11.9 Å². The fourth-order valence-electron chi connectivity index (χ4n) is 1.61. The smallest absolute Gasteiger partial charge is 0.194 e. The van der Waals surface area contributed by atoms with Crippen LogP contribution in [0.4, 0.5) is 0 Å². The molecule has 0 atom stereocenters. The molecule has 20 heavy (non-hydrogen) atoms. The number of methoxy groups -OCH3 is 1. The van der Waals surface area contributed by atoms with Crippen molar-refractivity contribution in [2.24, 2.45) is 0 Å². The summed E-state index contributed by atoms with van der Waals surface area (Å²) in [6.07, 6.45) is 1.62. The lowest BCUT2D eigenvalue weighted by Gasteiger charge is -2.17. The van der Waals surface area contributed by atoms with Gasteiger partial charge in [0.25, 0.3) is 0 Å². The Hall–Kier alpha value is -1.01. The zero-order chi connectivity index (χ0) is 15.3. The van der Waals surface area contributed by atoms with E-state index in [4.69, 9.17) is 4.74 Å². The number of nitrogens with zero attached hydrogens (tertiary/aromatic N) is 3. The predicted molar refractivity (Wildman–Crippen MR) is 83.9 cm³/mol. The highest BCUT2D eigenvalue weighted by Gasteiger charge is 2.21. The third-order valence-electron chi connectivity index (χ3n) is 2.69. The van der Waals surface area contributed by atoms with E-state index in [2.05, 4.69) is 30.8 Å². The second kappa shape index (κ2) is 7.13. The van der Waals surface area contributed by atoms with E-state index in [1.54, 1.807) is 29.8 Å². The number of thioether (sulfide) groups is 1. The second-order valence-corrected chi connectivity index (χ2v) is 7.71. The molecule has 0 spiro atoms. The lowest BCUT2D eigenvalue weighted by Crippen LogP contribution is -2.23. The fourth-order valence-corrected chi connectivity index (χ4v) is 2.31. The summed E-state index contributed by atoms with van der Waals surface area (Å²) in [7, 11) is 5.57. The topological polar surface area (TPSA) is 47.4 Å². The average Bonchev–Trinajstić information content (AvgIpc) is 2.75. The van der Waals surface area contributed by atoms with Crippen LogP contribution in [0.5, 0.6) is 5.75 Å². The number of carbonyl (C=O) groups excluding carboxylic acids is 1. The summed E-state index contributed by atoms with van der Waals surface area (Å²) in [5, 5.41) is 4.26. The molecule has 5 nitrogen and oxygen atoms in total. The van der Waals surface area contributed by atoms with Crippen LogP contribution in [-0.2, 0) is 6.54 Å². The van der Waals surface area contributed by atoms with Crippen molar-refractivity contribution in [3.8, 4) is 5.75 Å². The number of carbonyl (C=O) groups is 1. The van der Waals surface area contributed by atoms with Crippen molar-refractivity contribution in [3.63, 3.8) is 0 Å². The first-order valence-electron chi connectivity index (χ1n) is 6.66. The molecule has 0 N–H and O–H groups in total. The fraction of sp³-hybridized carbons (Fsp3) is 0.714. The Morgan fingerprint density at radius 2 is 2.10 bits per heavy atom. The number of hydrogen-bond donors (Lipinski definition) is 0. The van der Waals surface area contributed by atoms with Crippen molar-refractivity contribution >= 4 is 17.5 Å². The number of hydrogen-bond acceptors (Lipinski definition) is 5. The van der Waals surface area contributed by atoms with Crippen molar-refractivity contribution in [1.29, 1.82) is 0 Å². The van der Waals surface area contributed by atoms with E-state index in [9.17, 15) is 4.79 Å². The molecule has 6 heteroatoms. The van der Waals surface area contributed by atoms with Gasteiger partial charge in [-0.2, -0.15) is 5.10 Å². The van der Waals surface area contributed by atoms with Crippen LogP contribution in [0.3, 0.4) is 0 Å². The monoisotopic (exact) mass is 299 g/mol. The number of rotatable bonds is 7. The van der Waals surface area contributed by atoms with Crippen molar-refractivity contribution in [1.82, 2.24) is 14.7 Å². The van der Waals surface area contributed by atoms with Gasteiger partial charge in [-0.05, 0) is 14.1 Å². The molecule has 0 fully saturated rings. The zero-order valence-corrected chi connectivity index (χ0v) is 14.1. The van der Waals surface area contributed by atoms with E-state index in [0.717, 1.165) is 6.54 Å². The maximum absolute atomic E-state index is 12.4. The maximum Gasteiger partial charge on any atom is 0.194 e. The van der Waals surface area contributed by atoms with Gasteiger partial charge in [0.15, 0.2) is 11.5 Å². The van der Waals surface area contributed by atoms with Gasteiger partial charge in [-0.25, -0.2) is 0 Å². The maximum atomic E-state index is 12.4. The van der Waals surface area contributed by atoms with Crippen LogP contribution >= 0.6 is 11.8 Å². The third-order valence-corrected chi connectivity index (χ3v) is 3.96. The van der Waals surface area contributed by atoms with Crippen LogP contribution in [-0.4, -0.2) is 58.7 Å². The molecule has 0 saturated heterocycles. The molecule has 114 valence electrons. The Labute approximate surface area is 125 Å². The molecular weight excluding hydrogens is 274 g/mol. The molecule has 0 aliphatic rings. The van der Waals surface area contributed by atoms with Crippen LogP contribution < -0.4 is 4.74 Å². The van der Waals surface area contributed by atoms with E-state index in [0.29, 0.717) is 23.7 Å². The first kappa shape index (κ1) is 17.0. The normalized spacial score (nSPS) is 11.9. The summed E-state index contributed by atoms with van der Waals surface area (Å²) < 4.78 is 7.07. The van der Waals surface area contributed by atoms with Crippen LogP contribution in [0.25, 0.3) is 0 Å². The molecular formula is C14H25N3O2S. The number of Topliss-reactive ketones (excluding diaryl/α,β-unsaturated/α-hetero) is 1. The number of ketones is 1. The first-order valence-corrected chi connectivity index (χ1v) is 7.65. The summed E-state index contributed by atoms with van der Waals surface area (Å²) in [5.41, 5.74) is 0.575. The third kappa shape index (κ3) is 5.17. The van der Waals surface area contributed by atoms with Gasteiger partial charge in [0.1, 0.15) is 5.69 Å². The molecule has 0 aliphatic carbocycles. The molecule has 0 bridgehead atoms. The Morgan fingerprint density at radius 1 is 1.45 bits per heavy atom. The van der Waals surface area contributed by atoms with Crippen molar-refractivity contribution < 1.29 is 9.53 Å². The van der Waals surface area contributed by atoms with E-state index >= 15 is 0 Å². The zero-order valence-electron chi connectivity index (χ0n) is 13.3. The highest BCUT2D eigenvalue weighted by molar-refractivity contribution is 8.01. The Balaban J connectivity index is 2.84. The largest absolute Gasteiger partial charge is 0.493 e. The summed E-state index contributed by atoms with van der Waals surface area (Å²) in [6.45, 7) is 7.82. The highest BCUT2D eigenvalue weighted by atomic mass is 32.2. The number of ether oxygens (including phenoxy) is 1. The highest BCUT2D eigenvalue weighted by Crippen LogP contribution is 2.26. The average molecular weight is 299 g/mol. The molecule has 1 heterocycles. The van der Waals surface area contributed by atoms with Gasteiger partial charge in [-0.3, -0.25) is 9.48 Å². The summed E-state index contributed by atoms with van der Waals surface area (Å²) >= 11 is 1.64. The van der Waals surface area contributed by atoms with Gasteiger partial charge < -0.3 is 9.64 Å². The molecule has 0 aromatic carbocycles. The van der Waals surface area contributed by atoms with Gasteiger partial charge in [-0.1, -0.05) is 20.8 Å². The SMILES string of the molecule is COc1cnn(CCN(C)C)c1C(=O)CSC(C)(C)C. The second-order valence-electron chi connectivity index (χ2n) is 5.91. The van der Waals surface area contributed by atoms with Gasteiger partial charge in [0.2, 0.25) is 0 Å². The van der Waals surface area contributed by atoms with E-state index in [-0.39, 0.29) is 10.5 Å². The molecule has 0 aliphatic heterocycles. The summed E-state index contributed by atoms with van der Waals surface area (Å²) in [4.78, 5) is 14.5. The number of aromatic nitrogens is 2. The van der Waals surface area contributed by atoms with Crippen LogP contribution in [0.2, 0.25) is 0 Å². The van der Waals surface area contributed by atoms with Gasteiger partial charge >= 0.3 is 0 Å². The quantitative estimate of drug-likeness (QED) is 0.722. The molecule has 0 saturated carbocycles. The van der Waals surface area contributed by atoms with Crippen LogP contribution in [0, 0.1) is 0 Å². The van der Waals surface area contributed by atoms with Gasteiger partial charge in [-0.15, -0.1) is 11.8 Å². The molecule has 0 radical (unpaired) electrons. The van der Waals surface area contributed by atoms with Crippen LogP contribution in [0.15, 0.2) is 6.20 Å². The molecule has 0 amide bonds. The Kier molecular flexibility index (Phi) is 6.07. The van der Waals surface area contributed by atoms with E-state index in [1.165, 1.54) is 0 Å². The van der Waals surface area contributed by atoms with Gasteiger partial charge in [0.05, 0.1) is 25.6 Å². The lowest BCUT2D eigenvalue weighted by molar-refractivity contribution is 0.100. The summed E-state index contributed by atoms with van der Waals surface area (Å²) in [6, 6.07) is 0. The lowest BCUT2D eigenvalue weighted by atomic mass is 10.2. The minimum Gasteiger partial charge on any atom is -0.493 e. The predicted octanol–water partition coefficient (Wildman–Crippen LogP) is 2.17. The van der Waals surface area contributed by atoms with Gasteiger partial charge in [0, 0.05) is 11.3 Å².